The maximum absolute atomic E-state index is 5.62. The van der Waals surface area contributed by atoms with Crippen molar-refractivity contribution in [2.24, 2.45) is 0 Å². The summed E-state index contributed by atoms with van der Waals surface area (Å²) in [5, 5.41) is 0. The smallest absolute Gasteiger partial charge is 0.0938 e. The van der Waals surface area contributed by atoms with Gasteiger partial charge in [-0.25, -0.2) is 0 Å². The molecule has 0 fully saturated rings. The zero-order chi connectivity index (χ0) is 13.7. The van der Waals surface area contributed by atoms with Crippen LogP contribution in [0.2, 0.25) is 0 Å². The highest BCUT2D eigenvalue weighted by atomic mass is 13.9. The molecule has 4 radical (unpaired) electrons. The lowest BCUT2D eigenvalue weighted by Crippen LogP contribution is -2.06. The molecular formula is C16H18B2. The predicted molar refractivity (Wildman–Crippen MR) is 82.6 cm³/mol. The van der Waals surface area contributed by atoms with Crippen molar-refractivity contribution < 1.29 is 0 Å². The molecule has 0 spiro atoms. The standard InChI is InChI=1S/2C8H9B/c1-6-3-4-8(9)7(2)5-6;1-6-3-4-7(2)8(9)5-6/h2*3-5H,1-2H3. The first kappa shape index (κ1) is 14.6. The molecule has 0 N–H and O–H groups in total. The lowest BCUT2D eigenvalue weighted by atomic mass is 9.90. The number of hydrogen-bond donors (Lipinski definition) is 0. The van der Waals surface area contributed by atoms with E-state index < -0.39 is 0 Å². The molecule has 0 aromatic heterocycles. The van der Waals surface area contributed by atoms with Gasteiger partial charge in [-0.3, -0.25) is 0 Å². The fourth-order valence-electron chi connectivity index (χ4n) is 1.59. The van der Waals surface area contributed by atoms with Crippen molar-refractivity contribution >= 4 is 26.6 Å². The van der Waals surface area contributed by atoms with E-state index in [0.29, 0.717) is 0 Å². The summed E-state index contributed by atoms with van der Waals surface area (Å²) in [6.07, 6.45) is 0. The summed E-state index contributed by atoms with van der Waals surface area (Å²) in [7, 11) is 11.2. The summed E-state index contributed by atoms with van der Waals surface area (Å²) in [6.45, 7) is 8.12. The van der Waals surface area contributed by atoms with Gasteiger partial charge in [0, 0.05) is 0 Å². The molecule has 0 nitrogen and oxygen atoms in total. The minimum absolute atomic E-state index is 0.876. The second-order valence-electron chi connectivity index (χ2n) is 4.72. The van der Waals surface area contributed by atoms with Gasteiger partial charge < -0.3 is 0 Å². The number of hydrogen-bond acceptors (Lipinski definition) is 0. The monoisotopic (exact) mass is 232 g/mol. The van der Waals surface area contributed by atoms with Crippen molar-refractivity contribution in [3.05, 3.63) is 58.7 Å². The van der Waals surface area contributed by atoms with Gasteiger partial charge in [-0.2, -0.15) is 0 Å². The first-order valence-corrected chi connectivity index (χ1v) is 6.05. The van der Waals surface area contributed by atoms with Crippen LogP contribution in [-0.2, 0) is 0 Å². The third kappa shape index (κ3) is 4.44. The molecule has 0 aliphatic heterocycles. The van der Waals surface area contributed by atoms with Crippen LogP contribution in [0.5, 0.6) is 0 Å². The Kier molecular flexibility index (Phi) is 5.27. The molecule has 0 heterocycles. The number of aryl methyl sites for hydroxylation is 4. The fourth-order valence-corrected chi connectivity index (χ4v) is 1.59. The molecule has 0 amide bonds. The Labute approximate surface area is 113 Å². The molecule has 0 aliphatic rings. The lowest BCUT2D eigenvalue weighted by molar-refractivity contribution is 1.41. The Hall–Kier alpha value is -1.43. The molecule has 0 atom stereocenters. The Balaban J connectivity index is 0.000000180. The minimum Gasteiger partial charge on any atom is -0.0938 e. The van der Waals surface area contributed by atoms with Gasteiger partial charge in [0.05, 0.1) is 0 Å². The zero-order valence-corrected chi connectivity index (χ0v) is 11.6. The molecule has 0 bridgehead atoms. The molecule has 2 aromatic carbocycles. The third-order valence-electron chi connectivity index (χ3n) is 2.86. The average molecular weight is 232 g/mol. The van der Waals surface area contributed by atoms with E-state index in [1.54, 1.807) is 0 Å². The summed E-state index contributed by atoms with van der Waals surface area (Å²) in [5.74, 6) is 0. The summed E-state index contributed by atoms with van der Waals surface area (Å²) in [6, 6.07) is 12.1. The van der Waals surface area contributed by atoms with Crippen LogP contribution in [-0.4, -0.2) is 15.7 Å². The van der Waals surface area contributed by atoms with Crippen molar-refractivity contribution in [3.8, 4) is 0 Å². The number of rotatable bonds is 0. The first-order chi connectivity index (χ1) is 8.40. The summed E-state index contributed by atoms with van der Waals surface area (Å²) in [4.78, 5) is 0. The topological polar surface area (TPSA) is 0 Å². The van der Waals surface area contributed by atoms with Crippen LogP contribution in [0.3, 0.4) is 0 Å². The van der Waals surface area contributed by atoms with Crippen LogP contribution in [0.4, 0.5) is 0 Å². The second kappa shape index (κ2) is 6.49. The molecule has 2 rings (SSSR count). The van der Waals surface area contributed by atoms with Crippen molar-refractivity contribution in [2.45, 2.75) is 27.7 Å². The van der Waals surface area contributed by atoms with Crippen LogP contribution in [0.1, 0.15) is 22.3 Å². The minimum atomic E-state index is 0.876. The predicted octanol–water partition coefficient (Wildman–Crippen LogP) is 2.19. The highest BCUT2D eigenvalue weighted by Gasteiger charge is 1.89. The van der Waals surface area contributed by atoms with E-state index in [1.165, 1.54) is 11.1 Å². The van der Waals surface area contributed by atoms with Gasteiger partial charge in [-0.05, 0) is 27.7 Å². The highest BCUT2D eigenvalue weighted by molar-refractivity contribution is 6.33. The lowest BCUT2D eigenvalue weighted by Gasteiger charge is -1.98. The van der Waals surface area contributed by atoms with Crippen LogP contribution in [0.25, 0.3) is 0 Å². The van der Waals surface area contributed by atoms with Crippen LogP contribution >= 0.6 is 0 Å². The van der Waals surface area contributed by atoms with Gasteiger partial charge in [-0.1, -0.05) is 69.6 Å². The van der Waals surface area contributed by atoms with Gasteiger partial charge in [0.1, 0.15) is 15.7 Å². The van der Waals surface area contributed by atoms with Gasteiger partial charge in [0.15, 0.2) is 0 Å². The largest absolute Gasteiger partial charge is 0.114 e. The van der Waals surface area contributed by atoms with Crippen LogP contribution in [0, 0.1) is 27.7 Å². The van der Waals surface area contributed by atoms with E-state index in [0.717, 1.165) is 22.1 Å². The molecule has 2 aromatic rings. The van der Waals surface area contributed by atoms with E-state index in [9.17, 15) is 0 Å². The molecule has 88 valence electrons. The maximum Gasteiger partial charge on any atom is 0.114 e. The Morgan fingerprint density at radius 3 is 1.61 bits per heavy atom. The van der Waals surface area contributed by atoms with Gasteiger partial charge in [0.2, 0.25) is 0 Å². The van der Waals surface area contributed by atoms with Crippen molar-refractivity contribution in [2.75, 3.05) is 0 Å². The Morgan fingerprint density at radius 1 is 0.611 bits per heavy atom. The fraction of sp³-hybridized carbons (Fsp3) is 0.250. The molecule has 0 unspecified atom stereocenters. The third-order valence-corrected chi connectivity index (χ3v) is 2.86. The highest BCUT2D eigenvalue weighted by Crippen LogP contribution is 1.97. The second-order valence-corrected chi connectivity index (χ2v) is 4.72. The Bertz CT molecular complexity index is 481. The summed E-state index contributed by atoms with van der Waals surface area (Å²) in [5.41, 5.74) is 6.56. The molecular weight excluding hydrogens is 214 g/mol. The molecule has 2 heteroatoms. The van der Waals surface area contributed by atoms with E-state index >= 15 is 0 Å². The van der Waals surface area contributed by atoms with Crippen molar-refractivity contribution in [1.82, 2.24) is 0 Å². The normalized spacial score (nSPS) is 9.56. The van der Waals surface area contributed by atoms with Gasteiger partial charge in [-0.15, -0.1) is 0 Å². The van der Waals surface area contributed by atoms with E-state index in [1.807, 2.05) is 45.0 Å². The van der Waals surface area contributed by atoms with Crippen molar-refractivity contribution in [1.29, 1.82) is 0 Å². The molecule has 0 saturated heterocycles. The number of benzene rings is 2. The quantitative estimate of drug-likeness (QED) is 0.610. The first-order valence-electron chi connectivity index (χ1n) is 6.05. The maximum atomic E-state index is 5.62. The van der Waals surface area contributed by atoms with E-state index in [2.05, 4.69) is 19.1 Å². The summed E-state index contributed by atoms with van der Waals surface area (Å²) >= 11 is 0. The van der Waals surface area contributed by atoms with E-state index in [4.69, 9.17) is 15.7 Å². The van der Waals surface area contributed by atoms with Crippen LogP contribution < -0.4 is 10.9 Å². The Morgan fingerprint density at radius 2 is 1.17 bits per heavy atom. The van der Waals surface area contributed by atoms with Gasteiger partial charge in [0.25, 0.3) is 0 Å². The van der Waals surface area contributed by atoms with Crippen molar-refractivity contribution in [3.63, 3.8) is 0 Å². The zero-order valence-electron chi connectivity index (χ0n) is 11.6. The molecule has 0 saturated carbocycles. The average Bonchev–Trinajstić information content (AvgIpc) is 2.30. The van der Waals surface area contributed by atoms with Crippen LogP contribution in [0.15, 0.2) is 36.4 Å². The SMILES string of the molecule is [B]c1cc(C)ccc1C.[B]c1ccc(C)cc1C. The molecule has 18 heavy (non-hydrogen) atoms. The summed E-state index contributed by atoms with van der Waals surface area (Å²) < 4.78 is 0. The van der Waals surface area contributed by atoms with Gasteiger partial charge >= 0.3 is 0 Å². The van der Waals surface area contributed by atoms with E-state index in [-0.39, 0.29) is 0 Å². The molecule has 0 aliphatic carbocycles.